The van der Waals surface area contributed by atoms with E-state index in [1.807, 2.05) is 0 Å². The van der Waals surface area contributed by atoms with Gasteiger partial charge in [-0.1, -0.05) is 22.9 Å². The van der Waals surface area contributed by atoms with Gasteiger partial charge in [0.05, 0.1) is 12.0 Å². The van der Waals surface area contributed by atoms with E-state index in [1.165, 1.54) is 0 Å². The van der Waals surface area contributed by atoms with Gasteiger partial charge in [-0.3, -0.25) is 4.79 Å². The summed E-state index contributed by atoms with van der Waals surface area (Å²) in [6.07, 6.45) is 2.67. The number of hydrogen-bond acceptors (Lipinski definition) is 2. The van der Waals surface area contributed by atoms with Crippen LogP contribution in [0, 0.1) is 16.7 Å². The molecule has 0 amide bonds. The van der Waals surface area contributed by atoms with E-state index < -0.39 is 5.41 Å². The molecule has 0 radical (unpaired) electrons. The van der Waals surface area contributed by atoms with Crippen molar-refractivity contribution in [2.24, 2.45) is 16.7 Å². The summed E-state index contributed by atoms with van der Waals surface area (Å²) in [5.74, 6) is 0.778. The first-order valence-electron chi connectivity index (χ1n) is 4.81. The molecule has 0 aromatic carbocycles. The molecular formula is C10H15BrO2. The van der Waals surface area contributed by atoms with Crippen LogP contribution < -0.4 is 0 Å². The molecule has 2 rings (SSSR count). The van der Waals surface area contributed by atoms with Crippen molar-refractivity contribution >= 4 is 21.7 Å². The fourth-order valence-corrected chi connectivity index (χ4v) is 4.20. The Morgan fingerprint density at radius 2 is 2.38 bits per heavy atom. The van der Waals surface area contributed by atoms with E-state index in [0.717, 1.165) is 18.2 Å². The molecular weight excluding hydrogens is 232 g/mol. The van der Waals surface area contributed by atoms with Gasteiger partial charge in [0.2, 0.25) is 0 Å². The molecule has 1 unspecified atom stereocenters. The highest BCUT2D eigenvalue weighted by Crippen LogP contribution is 2.64. The molecule has 0 aliphatic heterocycles. The highest BCUT2D eigenvalue weighted by molar-refractivity contribution is 9.09. The van der Waals surface area contributed by atoms with Crippen molar-refractivity contribution in [3.63, 3.8) is 0 Å². The largest absolute Gasteiger partial charge is 0.395 e. The van der Waals surface area contributed by atoms with Crippen LogP contribution in [0.1, 0.15) is 26.2 Å². The van der Waals surface area contributed by atoms with Crippen molar-refractivity contribution < 1.29 is 9.90 Å². The number of aliphatic hydroxyl groups excluding tert-OH is 1. The summed E-state index contributed by atoms with van der Waals surface area (Å²) in [6, 6.07) is 0. The minimum Gasteiger partial charge on any atom is -0.395 e. The van der Waals surface area contributed by atoms with E-state index in [2.05, 4.69) is 22.9 Å². The van der Waals surface area contributed by atoms with Crippen molar-refractivity contribution in [3.8, 4) is 0 Å². The second kappa shape index (κ2) is 2.80. The van der Waals surface area contributed by atoms with E-state index in [4.69, 9.17) is 0 Å². The lowest BCUT2D eigenvalue weighted by molar-refractivity contribution is -0.132. The standard InChI is InChI=1S/C10H15BrO2/c1-9(5-11)7-2-3-10(9,6-12)8(13)4-7/h7,12H,2-6H2,1H3/t7-,9?,10-/m1/s1. The van der Waals surface area contributed by atoms with E-state index in [0.29, 0.717) is 12.3 Å². The Bertz CT molecular complexity index is 253. The SMILES string of the molecule is CC1(CBr)[C@@H]2CC[C@@]1(CO)C(=O)C2. The number of Topliss-reactive ketones (excluding diaryl/α,β-unsaturated/α-hetero) is 1. The van der Waals surface area contributed by atoms with Crippen LogP contribution in [0.5, 0.6) is 0 Å². The number of fused-ring (bicyclic) bond motifs is 2. The van der Waals surface area contributed by atoms with Crippen LogP contribution in [0.15, 0.2) is 0 Å². The predicted octanol–water partition coefficient (Wildman–Crippen LogP) is 1.75. The summed E-state index contributed by atoms with van der Waals surface area (Å²) in [7, 11) is 0. The summed E-state index contributed by atoms with van der Waals surface area (Å²) < 4.78 is 0. The Morgan fingerprint density at radius 3 is 2.77 bits per heavy atom. The molecule has 2 aliphatic rings. The van der Waals surface area contributed by atoms with Crippen molar-refractivity contribution in [1.82, 2.24) is 0 Å². The zero-order valence-corrected chi connectivity index (χ0v) is 9.43. The van der Waals surface area contributed by atoms with Gasteiger partial charge in [-0.2, -0.15) is 0 Å². The minimum atomic E-state index is -0.416. The quantitative estimate of drug-likeness (QED) is 0.755. The van der Waals surface area contributed by atoms with Crippen LogP contribution in [0.3, 0.4) is 0 Å². The van der Waals surface area contributed by atoms with Crippen LogP contribution >= 0.6 is 15.9 Å². The highest BCUT2D eigenvalue weighted by Gasteiger charge is 2.65. The van der Waals surface area contributed by atoms with Crippen LogP contribution in [-0.4, -0.2) is 22.8 Å². The average Bonchev–Trinajstić information content (AvgIpc) is 2.53. The van der Waals surface area contributed by atoms with Crippen LogP contribution in [0.2, 0.25) is 0 Å². The van der Waals surface area contributed by atoms with E-state index in [9.17, 15) is 9.90 Å². The third-order valence-corrected chi connectivity index (χ3v) is 5.59. The predicted molar refractivity (Wildman–Crippen MR) is 53.8 cm³/mol. The van der Waals surface area contributed by atoms with Gasteiger partial charge in [-0.05, 0) is 24.2 Å². The molecule has 1 N–H and O–H groups in total. The number of halogens is 1. The first-order valence-corrected chi connectivity index (χ1v) is 5.93. The maximum absolute atomic E-state index is 11.8. The minimum absolute atomic E-state index is 0.00116. The fraction of sp³-hybridized carbons (Fsp3) is 0.900. The Hall–Kier alpha value is 0.110. The number of ketones is 1. The normalized spacial score (nSPS) is 48.8. The van der Waals surface area contributed by atoms with Crippen molar-refractivity contribution in [1.29, 1.82) is 0 Å². The molecule has 74 valence electrons. The molecule has 2 bridgehead atoms. The molecule has 0 spiro atoms. The molecule has 2 saturated carbocycles. The lowest BCUT2D eigenvalue weighted by atomic mass is 9.69. The molecule has 3 atom stereocenters. The smallest absolute Gasteiger partial charge is 0.142 e. The lowest BCUT2D eigenvalue weighted by Crippen LogP contribution is -2.42. The number of hydrogen-bond donors (Lipinski definition) is 1. The van der Waals surface area contributed by atoms with Crippen LogP contribution in [-0.2, 0) is 4.79 Å². The Balaban J connectivity index is 2.45. The molecule has 0 aromatic rings. The monoisotopic (exact) mass is 246 g/mol. The van der Waals surface area contributed by atoms with Crippen molar-refractivity contribution in [2.45, 2.75) is 26.2 Å². The Kier molecular flexibility index (Phi) is 2.08. The van der Waals surface area contributed by atoms with Gasteiger partial charge in [0.25, 0.3) is 0 Å². The van der Waals surface area contributed by atoms with Gasteiger partial charge in [0, 0.05) is 11.8 Å². The van der Waals surface area contributed by atoms with Gasteiger partial charge >= 0.3 is 0 Å². The third-order valence-electron chi connectivity index (χ3n) is 4.43. The van der Waals surface area contributed by atoms with Crippen molar-refractivity contribution in [3.05, 3.63) is 0 Å². The number of carbonyl (C=O) groups excluding carboxylic acids is 1. The van der Waals surface area contributed by atoms with Gasteiger partial charge in [-0.15, -0.1) is 0 Å². The zero-order valence-electron chi connectivity index (χ0n) is 7.85. The summed E-state index contributed by atoms with van der Waals surface area (Å²) in [4.78, 5) is 11.8. The first kappa shape index (κ1) is 9.66. The summed E-state index contributed by atoms with van der Waals surface area (Å²) in [5.41, 5.74) is -0.417. The number of aliphatic hydroxyl groups is 1. The third kappa shape index (κ3) is 0.899. The molecule has 0 aromatic heterocycles. The van der Waals surface area contributed by atoms with Crippen LogP contribution in [0.25, 0.3) is 0 Å². The maximum Gasteiger partial charge on any atom is 0.142 e. The summed E-state index contributed by atoms with van der Waals surface area (Å²) >= 11 is 3.49. The second-order valence-corrected chi connectivity index (χ2v) is 5.21. The molecule has 0 heterocycles. The highest BCUT2D eigenvalue weighted by atomic mass is 79.9. The van der Waals surface area contributed by atoms with Gasteiger partial charge in [0.15, 0.2) is 0 Å². The molecule has 2 aliphatic carbocycles. The lowest BCUT2D eigenvalue weighted by Gasteiger charge is -2.36. The van der Waals surface area contributed by atoms with Crippen molar-refractivity contribution in [2.75, 3.05) is 11.9 Å². The first-order chi connectivity index (χ1) is 6.10. The maximum atomic E-state index is 11.8. The van der Waals surface area contributed by atoms with Gasteiger partial charge in [0.1, 0.15) is 5.78 Å². The number of carbonyl (C=O) groups is 1. The average molecular weight is 247 g/mol. The Morgan fingerprint density at radius 1 is 1.69 bits per heavy atom. The van der Waals surface area contributed by atoms with Gasteiger partial charge in [-0.25, -0.2) is 0 Å². The Labute approximate surface area is 86.8 Å². The van der Waals surface area contributed by atoms with E-state index in [-0.39, 0.29) is 17.8 Å². The molecule has 0 saturated heterocycles. The van der Waals surface area contributed by atoms with E-state index >= 15 is 0 Å². The van der Waals surface area contributed by atoms with E-state index in [1.54, 1.807) is 0 Å². The molecule has 13 heavy (non-hydrogen) atoms. The molecule has 2 fully saturated rings. The topological polar surface area (TPSA) is 37.3 Å². The summed E-state index contributed by atoms with van der Waals surface area (Å²) in [5, 5.41) is 10.3. The molecule has 2 nitrogen and oxygen atoms in total. The summed E-state index contributed by atoms with van der Waals surface area (Å²) in [6.45, 7) is 2.17. The molecule has 3 heteroatoms. The fourth-order valence-electron chi connectivity index (χ4n) is 3.20. The number of rotatable bonds is 2. The zero-order chi connectivity index (χ0) is 9.69. The van der Waals surface area contributed by atoms with Gasteiger partial charge < -0.3 is 5.11 Å². The number of alkyl halides is 1. The second-order valence-electron chi connectivity index (χ2n) is 4.65. The van der Waals surface area contributed by atoms with Crippen LogP contribution in [0.4, 0.5) is 0 Å².